The van der Waals surface area contributed by atoms with E-state index in [1.165, 1.54) is 0 Å². The van der Waals surface area contributed by atoms with Gasteiger partial charge >= 0.3 is 5.97 Å². The van der Waals surface area contributed by atoms with E-state index in [1.54, 1.807) is 22.0 Å². The van der Waals surface area contributed by atoms with Gasteiger partial charge in [0.05, 0.1) is 24.5 Å². The fourth-order valence-corrected chi connectivity index (χ4v) is 7.08. The zero-order valence-electron chi connectivity index (χ0n) is 22.5. The van der Waals surface area contributed by atoms with Crippen LogP contribution >= 0.6 is 15.9 Å². The second-order valence-electron chi connectivity index (χ2n) is 11.3. The number of aliphatic hydroxyl groups excluding tert-OH is 1. The molecule has 1 N–H and O–H groups in total. The smallest absolute Gasteiger partial charge is 0.312 e. The molecular formula is C28H43BrN2O6. The number of carbonyl (C=O) groups is 3. The Hall–Kier alpha value is -1.71. The molecule has 8 nitrogen and oxygen atoms in total. The molecule has 9 heteroatoms. The number of alkyl halides is 1. The van der Waals surface area contributed by atoms with Gasteiger partial charge in [0.1, 0.15) is 11.6 Å². The van der Waals surface area contributed by atoms with Crippen molar-refractivity contribution in [3.05, 3.63) is 25.3 Å². The molecule has 3 heterocycles. The van der Waals surface area contributed by atoms with Gasteiger partial charge < -0.3 is 24.4 Å². The molecule has 2 amide bonds. The molecule has 0 aromatic carbocycles. The lowest BCUT2D eigenvalue weighted by molar-refractivity contribution is -0.155. The Morgan fingerprint density at radius 1 is 1.22 bits per heavy atom. The average Bonchev–Trinajstić information content (AvgIpc) is 3.42. The molecule has 3 saturated heterocycles. The summed E-state index contributed by atoms with van der Waals surface area (Å²) in [7, 11) is 0. The second-order valence-corrected chi connectivity index (χ2v) is 12.5. The van der Waals surface area contributed by atoms with Crippen molar-refractivity contribution < 1.29 is 29.0 Å². The van der Waals surface area contributed by atoms with Crippen LogP contribution in [0.5, 0.6) is 0 Å². The van der Waals surface area contributed by atoms with Gasteiger partial charge in [-0.25, -0.2) is 0 Å². The summed E-state index contributed by atoms with van der Waals surface area (Å²) in [6, 6.07) is -0.828. The highest BCUT2D eigenvalue weighted by Crippen LogP contribution is 2.60. The van der Waals surface area contributed by atoms with Gasteiger partial charge in [-0.1, -0.05) is 40.9 Å². The Morgan fingerprint density at radius 3 is 2.54 bits per heavy atom. The first kappa shape index (κ1) is 29.8. The van der Waals surface area contributed by atoms with Crippen LogP contribution in [-0.4, -0.2) is 87.1 Å². The van der Waals surface area contributed by atoms with Crippen LogP contribution in [0.3, 0.4) is 0 Å². The summed E-state index contributed by atoms with van der Waals surface area (Å²) >= 11 is 3.69. The number of ether oxygens (including phenoxy) is 2. The van der Waals surface area contributed by atoms with Gasteiger partial charge in [0, 0.05) is 30.1 Å². The monoisotopic (exact) mass is 582 g/mol. The summed E-state index contributed by atoms with van der Waals surface area (Å²) in [5.41, 5.74) is -1.59. The highest BCUT2D eigenvalue weighted by Gasteiger charge is 2.77. The van der Waals surface area contributed by atoms with Crippen LogP contribution < -0.4 is 0 Å². The molecule has 2 bridgehead atoms. The van der Waals surface area contributed by atoms with Crippen molar-refractivity contribution in [3.8, 4) is 0 Å². The summed E-state index contributed by atoms with van der Waals surface area (Å²) in [5, 5.41) is 9.11. The maximum atomic E-state index is 14.3. The van der Waals surface area contributed by atoms with E-state index >= 15 is 0 Å². The molecule has 0 aromatic rings. The minimum absolute atomic E-state index is 0.134. The Kier molecular flexibility index (Phi) is 10.0. The van der Waals surface area contributed by atoms with Crippen LogP contribution in [0.1, 0.15) is 65.7 Å². The number of rotatable bonds is 14. The van der Waals surface area contributed by atoms with Crippen molar-refractivity contribution in [3.63, 3.8) is 0 Å². The standard InChI is InChI=1S/C28H43BrN2O6/c1-6-8-13-17-36-26(35)20-21-24(33)30(15-11-9-10-12-16-32)23(28(21)18-19(29)22(20)37-28)25(34)31(14-7-2)27(3,4)5/h6-7,19-23,32H,1-2,8-18H2,3-5H3/t19?,20-,21-,22-,23?,28?/m0/s1. The fourth-order valence-electron chi connectivity index (χ4n) is 6.13. The summed E-state index contributed by atoms with van der Waals surface area (Å²) < 4.78 is 12.1. The van der Waals surface area contributed by atoms with Crippen LogP contribution in [0.15, 0.2) is 25.3 Å². The number of likely N-dealkylation sites (tertiary alicyclic amines) is 1. The van der Waals surface area contributed by atoms with Crippen LogP contribution in [0.2, 0.25) is 0 Å². The second kappa shape index (κ2) is 12.4. The van der Waals surface area contributed by atoms with E-state index in [2.05, 4.69) is 29.1 Å². The molecule has 6 atom stereocenters. The van der Waals surface area contributed by atoms with Crippen molar-refractivity contribution in [2.75, 3.05) is 26.3 Å². The van der Waals surface area contributed by atoms with Crippen molar-refractivity contribution in [2.24, 2.45) is 11.8 Å². The van der Waals surface area contributed by atoms with Gasteiger partial charge in [0.2, 0.25) is 11.8 Å². The van der Waals surface area contributed by atoms with Gasteiger partial charge in [-0.15, -0.1) is 13.2 Å². The van der Waals surface area contributed by atoms with E-state index in [1.807, 2.05) is 20.8 Å². The zero-order chi connectivity index (χ0) is 27.4. The predicted molar refractivity (Wildman–Crippen MR) is 145 cm³/mol. The number of nitrogens with zero attached hydrogens (tertiary/aromatic N) is 2. The van der Waals surface area contributed by atoms with Gasteiger partial charge in [-0.3, -0.25) is 14.4 Å². The molecule has 3 rings (SSSR count). The van der Waals surface area contributed by atoms with Crippen LogP contribution in [0.25, 0.3) is 0 Å². The van der Waals surface area contributed by atoms with E-state index in [0.29, 0.717) is 38.8 Å². The van der Waals surface area contributed by atoms with Gasteiger partial charge in [0.15, 0.2) is 0 Å². The predicted octanol–water partition coefficient (Wildman–Crippen LogP) is 3.61. The molecule has 0 aromatic heterocycles. The molecule has 0 saturated carbocycles. The highest BCUT2D eigenvalue weighted by molar-refractivity contribution is 9.09. The average molecular weight is 584 g/mol. The quantitative estimate of drug-likeness (QED) is 0.145. The van der Waals surface area contributed by atoms with Crippen molar-refractivity contribution in [2.45, 2.75) is 93.8 Å². The summed E-state index contributed by atoms with van der Waals surface area (Å²) in [5.74, 6) is -2.34. The third-order valence-electron chi connectivity index (χ3n) is 7.79. The topological polar surface area (TPSA) is 96.4 Å². The number of allylic oxidation sites excluding steroid dienone is 1. The maximum Gasteiger partial charge on any atom is 0.312 e. The fraction of sp³-hybridized carbons (Fsp3) is 0.750. The number of fused-ring (bicyclic) bond motifs is 1. The summed E-state index contributed by atoms with van der Waals surface area (Å²) in [4.78, 5) is 44.8. The van der Waals surface area contributed by atoms with Crippen LogP contribution in [0.4, 0.5) is 0 Å². The highest BCUT2D eigenvalue weighted by atomic mass is 79.9. The van der Waals surface area contributed by atoms with Crippen molar-refractivity contribution >= 4 is 33.7 Å². The number of esters is 1. The van der Waals surface area contributed by atoms with E-state index in [-0.39, 0.29) is 29.9 Å². The minimum atomic E-state index is -1.09. The van der Waals surface area contributed by atoms with E-state index in [4.69, 9.17) is 14.6 Å². The molecule has 1 spiro atoms. The lowest BCUT2D eigenvalue weighted by Gasteiger charge is -2.42. The van der Waals surface area contributed by atoms with E-state index < -0.39 is 41.1 Å². The van der Waals surface area contributed by atoms with Gasteiger partial charge in [-0.2, -0.15) is 0 Å². The number of aliphatic hydroxyl groups is 1. The minimum Gasteiger partial charge on any atom is -0.465 e. The molecular weight excluding hydrogens is 540 g/mol. The Balaban J connectivity index is 1.95. The number of hydrogen-bond acceptors (Lipinski definition) is 6. The Morgan fingerprint density at radius 2 is 1.92 bits per heavy atom. The van der Waals surface area contributed by atoms with Crippen molar-refractivity contribution in [1.29, 1.82) is 0 Å². The molecule has 208 valence electrons. The van der Waals surface area contributed by atoms with Crippen molar-refractivity contribution in [1.82, 2.24) is 9.80 Å². The molecule has 0 radical (unpaired) electrons. The largest absolute Gasteiger partial charge is 0.465 e. The number of halogens is 1. The Labute approximate surface area is 229 Å². The SMILES string of the molecule is C=CCCCOC(=O)[C@H]1[C@H]2C(=O)N(CCCCCCO)C(C(=O)N(CC=C)C(C)(C)C)C23CC(Br)[C@@H]1O3. The first-order chi connectivity index (χ1) is 17.5. The number of unbranched alkanes of at least 4 members (excludes halogenated alkanes) is 4. The number of amides is 2. The first-order valence-electron chi connectivity index (χ1n) is 13.5. The Bertz CT molecular complexity index is 873. The van der Waals surface area contributed by atoms with E-state index in [9.17, 15) is 14.4 Å². The summed E-state index contributed by atoms with van der Waals surface area (Å²) in [6.07, 6.45) is 7.90. The lowest BCUT2D eigenvalue weighted by atomic mass is 9.70. The molecule has 0 aliphatic carbocycles. The van der Waals surface area contributed by atoms with Gasteiger partial charge in [0.25, 0.3) is 0 Å². The van der Waals surface area contributed by atoms with Crippen LogP contribution in [0, 0.1) is 11.8 Å². The third kappa shape index (κ3) is 5.83. The number of carbonyl (C=O) groups excluding carboxylic acids is 3. The molecule has 3 unspecified atom stereocenters. The van der Waals surface area contributed by atoms with Crippen LogP contribution in [-0.2, 0) is 23.9 Å². The molecule has 3 aliphatic heterocycles. The normalized spacial score (nSPS) is 30.4. The molecule has 3 aliphatic rings. The molecule has 37 heavy (non-hydrogen) atoms. The third-order valence-corrected chi connectivity index (χ3v) is 8.63. The zero-order valence-corrected chi connectivity index (χ0v) is 24.1. The lowest BCUT2D eigenvalue weighted by Crippen LogP contribution is -2.60. The maximum absolute atomic E-state index is 14.3. The molecule has 3 fully saturated rings. The van der Waals surface area contributed by atoms with Gasteiger partial charge in [-0.05, 0) is 52.9 Å². The van der Waals surface area contributed by atoms with E-state index in [0.717, 1.165) is 19.3 Å². The summed E-state index contributed by atoms with van der Waals surface area (Å²) in [6.45, 7) is 14.5. The first-order valence-corrected chi connectivity index (χ1v) is 14.4. The number of hydrogen-bond donors (Lipinski definition) is 1.